The monoisotopic (exact) mass is 320 g/mol. The fourth-order valence-corrected chi connectivity index (χ4v) is 2.04. The van der Waals surface area contributed by atoms with Gasteiger partial charge in [0.25, 0.3) is 5.56 Å². The van der Waals surface area contributed by atoms with Crippen molar-refractivity contribution in [3.05, 3.63) is 70.5 Å². The summed E-state index contributed by atoms with van der Waals surface area (Å²) in [4.78, 5) is 18.7. The van der Waals surface area contributed by atoms with Crippen LogP contribution in [-0.4, -0.2) is 9.97 Å². The SMILES string of the molecule is Cc1ccc(Nc2nc(N)[nH]c(=O)c2N=Nc2ccccc2)cc1. The fraction of sp³-hybridized carbons (Fsp3) is 0.0588. The van der Waals surface area contributed by atoms with E-state index < -0.39 is 5.56 Å². The summed E-state index contributed by atoms with van der Waals surface area (Å²) < 4.78 is 0. The van der Waals surface area contributed by atoms with Gasteiger partial charge in [-0.3, -0.25) is 9.78 Å². The molecule has 24 heavy (non-hydrogen) atoms. The van der Waals surface area contributed by atoms with Crippen LogP contribution in [0.5, 0.6) is 0 Å². The van der Waals surface area contributed by atoms with Crippen molar-refractivity contribution in [1.82, 2.24) is 9.97 Å². The summed E-state index contributed by atoms with van der Waals surface area (Å²) in [5, 5.41) is 11.2. The van der Waals surface area contributed by atoms with Gasteiger partial charge in [-0.05, 0) is 31.2 Å². The lowest BCUT2D eigenvalue weighted by Gasteiger charge is -2.08. The Bertz CT molecular complexity index is 916. The summed E-state index contributed by atoms with van der Waals surface area (Å²) >= 11 is 0. The van der Waals surface area contributed by atoms with Crippen LogP contribution in [0.1, 0.15) is 5.56 Å². The van der Waals surface area contributed by atoms with Gasteiger partial charge in [-0.15, -0.1) is 5.11 Å². The van der Waals surface area contributed by atoms with Crippen molar-refractivity contribution in [3.63, 3.8) is 0 Å². The smallest absolute Gasteiger partial charge is 0.282 e. The van der Waals surface area contributed by atoms with Crippen molar-refractivity contribution in [1.29, 1.82) is 0 Å². The zero-order chi connectivity index (χ0) is 16.9. The van der Waals surface area contributed by atoms with Gasteiger partial charge >= 0.3 is 0 Å². The van der Waals surface area contributed by atoms with Gasteiger partial charge in [-0.1, -0.05) is 35.9 Å². The molecule has 0 fully saturated rings. The van der Waals surface area contributed by atoms with E-state index in [9.17, 15) is 4.79 Å². The van der Waals surface area contributed by atoms with E-state index in [2.05, 4.69) is 25.5 Å². The van der Waals surface area contributed by atoms with E-state index in [1.807, 2.05) is 49.4 Å². The Balaban J connectivity index is 1.97. The fourth-order valence-electron chi connectivity index (χ4n) is 2.04. The van der Waals surface area contributed by atoms with Gasteiger partial charge in [0, 0.05) is 5.69 Å². The molecule has 0 aliphatic carbocycles. The van der Waals surface area contributed by atoms with Crippen LogP contribution in [-0.2, 0) is 0 Å². The second-order valence-corrected chi connectivity index (χ2v) is 5.17. The van der Waals surface area contributed by atoms with E-state index in [-0.39, 0.29) is 17.5 Å². The average molecular weight is 320 g/mol. The number of hydrogen-bond donors (Lipinski definition) is 3. The number of anilines is 3. The molecule has 0 saturated carbocycles. The van der Waals surface area contributed by atoms with Gasteiger partial charge in [0.15, 0.2) is 11.5 Å². The minimum absolute atomic E-state index is 0.00766. The normalized spacial score (nSPS) is 10.9. The van der Waals surface area contributed by atoms with Gasteiger partial charge in [-0.2, -0.15) is 10.1 Å². The molecule has 1 aromatic heterocycles. The Hall–Kier alpha value is -3.48. The van der Waals surface area contributed by atoms with Crippen molar-refractivity contribution in [3.8, 4) is 0 Å². The van der Waals surface area contributed by atoms with Crippen LogP contribution < -0.4 is 16.6 Å². The highest BCUT2D eigenvalue weighted by Gasteiger charge is 2.11. The van der Waals surface area contributed by atoms with Crippen LogP contribution in [0.25, 0.3) is 0 Å². The third-order valence-corrected chi connectivity index (χ3v) is 3.25. The number of benzene rings is 2. The molecule has 3 rings (SSSR count). The van der Waals surface area contributed by atoms with Crippen molar-refractivity contribution in [2.24, 2.45) is 10.2 Å². The second-order valence-electron chi connectivity index (χ2n) is 5.17. The average Bonchev–Trinajstić information content (AvgIpc) is 2.57. The Labute approximate surface area is 138 Å². The Kier molecular flexibility index (Phi) is 4.33. The molecule has 1 heterocycles. The van der Waals surface area contributed by atoms with Gasteiger partial charge < -0.3 is 11.1 Å². The zero-order valence-electron chi connectivity index (χ0n) is 13.0. The molecule has 3 aromatic rings. The highest BCUT2D eigenvalue weighted by Crippen LogP contribution is 2.25. The summed E-state index contributed by atoms with van der Waals surface area (Å²) in [6.07, 6.45) is 0. The largest absolute Gasteiger partial charge is 0.369 e. The molecule has 0 atom stereocenters. The predicted molar refractivity (Wildman–Crippen MR) is 94.3 cm³/mol. The van der Waals surface area contributed by atoms with E-state index >= 15 is 0 Å². The summed E-state index contributed by atoms with van der Waals surface area (Å²) in [7, 11) is 0. The number of nitrogens with two attached hydrogens (primary N) is 1. The van der Waals surface area contributed by atoms with E-state index in [1.165, 1.54) is 0 Å². The molecule has 7 nitrogen and oxygen atoms in total. The van der Waals surface area contributed by atoms with Crippen molar-refractivity contribution in [2.45, 2.75) is 6.92 Å². The maximum atomic E-state index is 12.2. The van der Waals surface area contributed by atoms with E-state index in [0.717, 1.165) is 11.3 Å². The van der Waals surface area contributed by atoms with Crippen LogP contribution in [0.2, 0.25) is 0 Å². The summed E-state index contributed by atoms with van der Waals surface area (Å²) in [5.41, 5.74) is 7.77. The molecule has 0 saturated heterocycles. The molecule has 0 bridgehead atoms. The highest BCUT2D eigenvalue weighted by molar-refractivity contribution is 5.68. The minimum Gasteiger partial charge on any atom is -0.369 e. The Morgan fingerprint density at radius 2 is 1.75 bits per heavy atom. The molecular weight excluding hydrogens is 304 g/mol. The lowest BCUT2D eigenvalue weighted by Crippen LogP contribution is -2.13. The van der Waals surface area contributed by atoms with E-state index in [1.54, 1.807) is 12.1 Å². The van der Waals surface area contributed by atoms with Crippen molar-refractivity contribution in [2.75, 3.05) is 11.1 Å². The van der Waals surface area contributed by atoms with Gasteiger partial charge in [0.1, 0.15) is 0 Å². The van der Waals surface area contributed by atoms with Crippen LogP contribution in [0.15, 0.2) is 69.6 Å². The maximum Gasteiger partial charge on any atom is 0.282 e. The summed E-state index contributed by atoms with van der Waals surface area (Å²) in [6.45, 7) is 1.99. The number of aromatic amines is 1. The third kappa shape index (κ3) is 3.64. The quantitative estimate of drug-likeness (QED) is 0.635. The molecule has 0 unspecified atom stereocenters. The van der Waals surface area contributed by atoms with Crippen molar-refractivity contribution >= 4 is 28.8 Å². The number of nitrogens with one attached hydrogen (secondary N) is 2. The van der Waals surface area contributed by atoms with E-state index in [4.69, 9.17) is 5.73 Å². The summed E-state index contributed by atoms with van der Waals surface area (Å²) in [5.74, 6) is 0.257. The second kappa shape index (κ2) is 6.74. The van der Waals surface area contributed by atoms with Gasteiger partial charge in [0.05, 0.1) is 5.69 Å². The van der Waals surface area contributed by atoms with Crippen LogP contribution in [0.3, 0.4) is 0 Å². The lowest BCUT2D eigenvalue weighted by molar-refractivity contribution is 1.09. The standard InChI is InChI=1S/C17H16N6O/c1-11-7-9-12(10-8-11)19-15-14(16(24)21-17(18)20-15)23-22-13-5-3-2-4-6-13/h2-10H,1H3,(H4,18,19,20,21,24). The molecule has 2 aromatic carbocycles. The topological polar surface area (TPSA) is 109 Å². The molecule has 0 radical (unpaired) electrons. The van der Waals surface area contributed by atoms with Gasteiger partial charge in [0.2, 0.25) is 5.95 Å². The van der Waals surface area contributed by atoms with Crippen LogP contribution in [0, 0.1) is 6.92 Å². The van der Waals surface area contributed by atoms with Crippen molar-refractivity contribution < 1.29 is 0 Å². The Morgan fingerprint density at radius 1 is 1.04 bits per heavy atom. The number of aromatic nitrogens is 2. The lowest BCUT2D eigenvalue weighted by atomic mass is 10.2. The summed E-state index contributed by atoms with van der Waals surface area (Å²) in [6, 6.07) is 16.8. The molecule has 4 N–H and O–H groups in total. The first-order chi connectivity index (χ1) is 11.6. The number of hydrogen-bond acceptors (Lipinski definition) is 6. The number of rotatable bonds is 4. The van der Waals surface area contributed by atoms with E-state index in [0.29, 0.717) is 5.69 Å². The molecule has 0 aliphatic heterocycles. The van der Waals surface area contributed by atoms with Crippen LogP contribution in [0.4, 0.5) is 28.8 Å². The first kappa shape index (κ1) is 15.4. The number of H-pyrrole nitrogens is 1. The maximum absolute atomic E-state index is 12.2. The number of aryl methyl sites for hydroxylation is 1. The number of nitrogens with zero attached hydrogens (tertiary/aromatic N) is 3. The number of nitrogen functional groups attached to an aromatic ring is 1. The molecular formula is C17H16N6O. The molecule has 0 amide bonds. The van der Waals surface area contributed by atoms with Gasteiger partial charge in [-0.25, -0.2) is 0 Å². The Morgan fingerprint density at radius 3 is 2.46 bits per heavy atom. The molecule has 120 valence electrons. The number of azo groups is 1. The molecule has 0 aliphatic rings. The zero-order valence-corrected chi connectivity index (χ0v) is 13.0. The predicted octanol–water partition coefficient (Wildman–Crippen LogP) is 3.82. The first-order valence-corrected chi connectivity index (χ1v) is 7.32. The first-order valence-electron chi connectivity index (χ1n) is 7.32. The minimum atomic E-state index is -0.461. The molecule has 0 spiro atoms. The molecule has 7 heteroatoms. The highest BCUT2D eigenvalue weighted by atomic mass is 16.1. The van der Waals surface area contributed by atoms with Crippen LogP contribution >= 0.6 is 0 Å². The third-order valence-electron chi connectivity index (χ3n) is 3.25.